The number of nitrogens with one attached hydrogen (secondary N) is 2. The van der Waals surface area contributed by atoms with Crippen molar-refractivity contribution in [2.24, 2.45) is 0 Å². The second-order valence-corrected chi connectivity index (χ2v) is 7.28. The molecule has 1 heterocycles. The van der Waals surface area contributed by atoms with Gasteiger partial charge in [0.05, 0.1) is 24.9 Å². The van der Waals surface area contributed by atoms with Gasteiger partial charge in [0.25, 0.3) is 5.91 Å². The van der Waals surface area contributed by atoms with Gasteiger partial charge in [0.1, 0.15) is 5.75 Å². The minimum absolute atomic E-state index is 0.0207. The van der Waals surface area contributed by atoms with Crippen LogP contribution >= 0.6 is 0 Å². The summed E-state index contributed by atoms with van der Waals surface area (Å²) in [7, 11) is 1.49. The number of methoxy groups -OCH3 is 1. The zero-order valence-electron chi connectivity index (χ0n) is 18.4. The summed E-state index contributed by atoms with van der Waals surface area (Å²) in [5.74, 6) is -1.63. The van der Waals surface area contributed by atoms with Crippen LogP contribution < -0.4 is 21.1 Å². The third-order valence-electron chi connectivity index (χ3n) is 4.78. The lowest BCUT2D eigenvalue weighted by atomic mass is 10.2. The van der Waals surface area contributed by atoms with Crippen LogP contribution in [0.1, 0.15) is 18.4 Å². The van der Waals surface area contributed by atoms with Gasteiger partial charge in [-0.3, -0.25) is 19.0 Å². The number of nitrogens with zero attached hydrogens (tertiary/aromatic N) is 1. The molecular formula is C23H25N3O7. The van der Waals surface area contributed by atoms with Crippen LogP contribution in [0.15, 0.2) is 51.7 Å². The number of rotatable bonds is 10. The molecule has 0 atom stereocenters. The molecule has 2 N–H and O–H groups in total. The van der Waals surface area contributed by atoms with E-state index in [-0.39, 0.29) is 19.5 Å². The van der Waals surface area contributed by atoms with E-state index >= 15 is 0 Å². The highest BCUT2D eigenvalue weighted by atomic mass is 16.5. The van der Waals surface area contributed by atoms with Crippen LogP contribution in [0.4, 0.5) is 5.69 Å². The number of esters is 1. The van der Waals surface area contributed by atoms with E-state index in [1.807, 2.05) is 13.0 Å². The molecule has 3 rings (SSSR count). The smallest absolute Gasteiger partial charge is 0.419 e. The van der Waals surface area contributed by atoms with E-state index in [4.69, 9.17) is 13.9 Å². The maximum atomic E-state index is 12.1. The average Bonchev–Trinajstić information content (AvgIpc) is 3.11. The van der Waals surface area contributed by atoms with Gasteiger partial charge in [-0.15, -0.1) is 0 Å². The molecule has 33 heavy (non-hydrogen) atoms. The van der Waals surface area contributed by atoms with Crippen molar-refractivity contribution in [2.75, 3.05) is 25.6 Å². The highest BCUT2D eigenvalue weighted by Gasteiger charge is 2.13. The first-order valence-corrected chi connectivity index (χ1v) is 10.3. The lowest BCUT2D eigenvalue weighted by Gasteiger charge is -2.11. The molecule has 3 aromatic rings. The number of carbonyl (C=O) groups is 3. The Morgan fingerprint density at radius 3 is 2.67 bits per heavy atom. The number of benzene rings is 2. The standard InChI is InChI=1S/C23H25N3O7/c1-15-9-10-18(31-2)16(12-15)25-20(27)13-24-21(28)14-32-22(29)8-5-11-26-17-6-3-4-7-19(17)33-23(26)30/h3-4,6-7,9-10,12H,5,8,11,13-14H2,1-2H3,(H,24,28)(H,25,27). The van der Waals surface area contributed by atoms with Gasteiger partial charge in [0.15, 0.2) is 12.2 Å². The maximum Gasteiger partial charge on any atom is 0.419 e. The fourth-order valence-electron chi connectivity index (χ4n) is 3.17. The minimum atomic E-state index is -0.605. The molecule has 1 aromatic heterocycles. The van der Waals surface area contributed by atoms with Crippen LogP contribution in [0.5, 0.6) is 5.75 Å². The third kappa shape index (κ3) is 6.45. The summed E-state index contributed by atoms with van der Waals surface area (Å²) in [6, 6.07) is 12.3. The number of aromatic nitrogens is 1. The molecule has 0 aliphatic rings. The predicted molar refractivity (Wildman–Crippen MR) is 120 cm³/mol. The van der Waals surface area contributed by atoms with Crippen molar-refractivity contribution in [2.45, 2.75) is 26.3 Å². The van der Waals surface area contributed by atoms with Crippen molar-refractivity contribution in [3.63, 3.8) is 0 Å². The fraction of sp³-hybridized carbons (Fsp3) is 0.304. The molecular weight excluding hydrogens is 430 g/mol. The molecule has 0 saturated heterocycles. The largest absolute Gasteiger partial charge is 0.495 e. The number of anilines is 1. The molecule has 10 heteroatoms. The van der Waals surface area contributed by atoms with Crippen molar-refractivity contribution < 1.29 is 28.3 Å². The van der Waals surface area contributed by atoms with Gasteiger partial charge in [-0.25, -0.2) is 4.79 Å². The Hall–Kier alpha value is -4.08. The summed E-state index contributed by atoms with van der Waals surface area (Å²) in [4.78, 5) is 47.8. The molecule has 0 aliphatic carbocycles. The van der Waals surface area contributed by atoms with Crippen molar-refractivity contribution in [1.29, 1.82) is 0 Å². The van der Waals surface area contributed by atoms with E-state index in [9.17, 15) is 19.2 Å². The van der Waals surface area contributed by atoms with Crippen LogP contribution in [-0.2, 0) is 25.7 Å². The van der Waals surface area contributed by atoms with E-state index in [1.165, 1.54) is 11.7 Å². The lowest BCUT2D eigenvalue weighted by Crippen LogP contribution is -2.35. The van der Waals surface area contributed by atoms with Crippen LogP contribution in [0.25, 0.3) is 11.1 Å². The van der Waals surface area contributed by atoms with E-state index < -0.39 is 30.1 Å². The lowest BCUT2D eigenvalue weighted by molar-refractivity contribution is -0.148. The number of aryl methyl sites for hydroxylation is 2. The second kappa shape index (κ2) is 11.0. The molecule has 0 radical (unpaired) electrons. The monoisotopic (exact) mass is 455 g/mol. The van der Waals surface area contributed by atoms with Crippen molar-refractivity contribution in [3.8, 4) is 5.75 Å². The van der Waals surface area contributed by atoms with E-state index in [2.05, 4.69) is 10.6 Å². The van der Waals surface area contributed by atoms with Crippen molar-refractivity contribution in [3.05, 3.63) is 58.6 Å². The number of fused-ring (bicyclic) bond motifs is 1. The van der Waals surface area contributed by atoms with E-state index in [1.54, 1.807) is 36.4 Å². The van der Waals surface area contributed by atoms with Gasteiger partial charge in [0.2, 0.25) is 5.91 Å². The number of ether oxygens (including phenoxy) is 2. The highest BCUT2D eigenvalue weighted by Crippen LogP contribution is 2.24. The number of oxazole rings is 1. The summed E-state index contributed by atoms with van der Waals surface area (Å²) in [6.07, 6.45) is 0.359. The number of carbonyl (C=O) groups excluding carboxylic acids is 3. The molecule has 174 valence electrons. The third-order valence-corrected chi connectivity index (χ3v) is 4.78. The Morgan fingerprint density at radius 2 is 1.88 bits per heavy atom. The SMILES string of the molecule is COc1ccc(C)cc1NC(=O)CNC(=O)COC(=O)CCCn1c(=O)oc2ccccc21. The Kier molecular flexibility index (Phi) is 7.85. The van der Waals surface area contributed by atoms with Gasteiger partial charge in [-0.2, -0.15) is 0 Å². The Bertz CT molecular complexity index is 1210. The molecule has 2 aromatic carbocycles. The number of hydrogen-bond acceptors (Lipinski definition) is 7. The van der Waals surface area contributed by atoms with Gasteiger partial charge in [-0.1, -0.05) is 18.2 Å². The number of amides is 2. The first-order valence-electron chi connectivity index (χ1n) is 10.3. The van der Waals surface area contributed by atoms with Crippen molar-refractivity contribution in [1.82, 2.24) is 9.88 Å². The summed E-state index contributed by atoms with van der Waals surface area (Å²) in [5, 5.41) is 5.05. The number of para-hydroxylation sites is 2. The summed E-state index contributed by atoms with van der Waals surface area (Å²) >= 11 is 0. The summed E-state index contributed by atoms with van der Waals surface area (Å²) < 4.78 is 16.7. The van der Waals surface area contributed by atoms with Crippen molar-refractivity contribution >= 4 is 34.6 Å². The first-order chi connectivity index (χ1) is 15.9. The van der Waals surface area contributed by atoms with Crippen LogP contribution in [0, 0.1) is 6.92 Å². The quantitative estimate of drug-likeness (QED) is 0.447. The highest BCUT2D eigenvalue weighted by molar-refractivity contribution is 5.96. The van der Waals surface area contributed by atoms with Crippen LogP contribution in [-0.4, -0.2) is 42.6 Å². The van der Waals surface area contributed by atoms with Gasteiger partial charge in [0, 0.05) is 13.0 Å². The zero-order chi connectivity index (χ0) is 23.8. The molecule has 2 amide bonds. The van der Waals surface area contributed by atoms with E-state index in [0.717, 1.165) is 5.56 Å². The molecule has 0 aliphatic heterocycles. The predicted octanol–water partition coefficient (Wildman–Crippen LogP) is 1.99. The summed E-state index contributed by atoms with van der Waals surface area (Å²) in [6.45, 7) is 1.36. The molecule has 0 unspecified atom stereocenters. The normalized spacial score (nSPS) is 10.6. The Balaban J connectivity index is 1.37. The van der Waals surface area contributed by atoms with Crippen LogP contribution in [0.2, 0.25) is 0 Å². The van der Waals surface area contributed by atoms with Gasteiger partial charge in [-0.05, 0) is 43.2 Å². The Labute approximate surface area is 189 Å². The number of hydrogen-bond donors (Lipinski definition) is 2. The second-order valence-electron chi connectivity index (χ2n) is 7.28. The van der Waals surface area contributed by atoms with Gasteiger partial charge < -0.3 is 24.5 Å². The molecule has 0 saturated carbocycles. The molecule has 10 nitrogen and oxygen atoms in total. The minimum Gasteiger partial charge on any atom is -0.495 e. The first kappa shape index (κ1) is 23.6. The fourth-order valence-corrected chi connectivity index (χ4v) is 3.17. The Morgan fingerprint density at radius 1 is 1.09 bits per heavy atom. The topological polar surface area (TPSA) is 129 Å². The summed E-state index contributed by atoms with van der Waals surface area (Å²) in [5.41, 5.74) is 2.56. The van der Waals surface area contributed by atoms with E-state index in [0.29, 0.717) is 29.0 Å². The average molecular weight is 455 g/mol. The molecule has 0 spiro atoms. The molecule has 0 fully saturated rings. The van der Waals surface area contributed by atoms with Gasteiger partial charge >= 0.3 is 11.7 Å². The molecule has 0 bridgehead atoms. The zero-order valence-corrected chi connectivity index (χ0v) is 18.4. The maximum absolute atomic E-state index is 12.1. The van der Waals surface area contributed by atoms with Crippen LogP contribution in [0.3, 0.4) is 0 Å².